The standard InChI is InChI=1S/C21H23FN4O2S/c1-25-19(12-18(24-25)15-2-4-17(22)5-3-15)21(27)23-13-20(16-6-11-29-14-16)26-7-9-28-10-8-26/h2-6,11-12,14,20H,7-10,13H2,1H3,(H,23,27). The Bertz CT molecular complexity index is 950. The largest absolute Gasteiger partial charge is 0.379 e. The summed E-state index contributed by atoms with van der Waals surface area (Å²) in [6.07, 6.45) is 0. The van der Waals surface area contributed by atoms with Gasteiger partial charge in [0.15, 0.2) is 0 Å². The molecule has 1 N–H and O–H groups in total. The minimum absolute atomic E-state index is 0.110. The Morgan fingerprint density at radius 2 is 2.03 bits per heavy atom. The van der Waals surface area contributed by atoms with Crippen LogP contribution in [-0.4, -0.2) is 53.4 Å². The molecule has 0 radical (unpaired) electrons. The van der Waals surface area contributed by atoms with Gasteiger partial charge in [0.2, 0.25) is 0 Å². The van der Waals surface area contributed by atoms with Crippen molar-refractivity contribution in [2.75, 3.05) is 32.8 Å². The van der Waals surface area contributed by atoms with Crippen LogP contribution >= 0.6 is 11.3 Å². The van der Waals surface area contributed by atoms with Crippen LogP contribution in [0.5, 0.6) is 0 Å². The fourth-order valence-corrected chi connectivity index (χ4v) is 4.24. The lowest BCUT2D eigenvalue weighted by Gasteiger charge is -2.34. The van der Waals surface area contributed by atoms with Crippen LogP contribution in [0.4, 0.5) is 4.39 Å². The number of ether oxygens (including phenoxy) is 1. The lowest BCUT2D eigenvalue weighted by atomic mass is 10.1. The highest BCUT2D eigenvalue weighted by Gasteiger charge is 2.24. The minimum Gasteiger partial charge on any atom is -0.379 e. The Morgan fingerprint density at radius 3 is 2.72 bits per heavy atom. The van der Waals surface area contributed by atoms with E-state index >= 15 is 0 Å². The summed E-state index contributed by atoms with van der Waals surface area (Å²) >= 11 is 1.66. The van der Waals surface area contributed by atoms with Crippen molar-refractivity contribution in [3.63, 3.8) is 0 Å². The Morgan fingerprint density at radius 1 is 1.28 bits per heavy atom. The zero-order chi connectivity index (χ0) is 20.2. The van der Waals surface area contributed by atoms with Gasteiger partial charge in [-0.1, -0.05) is 0 Å². The van der Waals surface area contributed by atoms with Crippen molar-refractivity contribution < 1.29 is 13.9 Å². The van der Waals surface area contributed by atoms with E-state index in [2.05, 4.69) is 32.1 Å². The number of morpholine rings is 1. The molecular formula is C21H23FN4O2S. The van der Waals surface area contributed by atoms with Crippen LogP contribution in [-0.2, 0) is 11.8 Å². The molecule has 3 aromatic rings. The maximum absolute atomic E-state index is 13.2. The summed E-state index contributed by atoms with van der Waals surface area (Å²) in [5, 5.41) is 11.7. The second-order valence-electron chi connectivity index (χ2n) is 6.98. The average Bonchev–Trinajstić information content (AvgIpc) is 3.40. The van der Waals surface area contributed by atoms with E-state index in [1.165, 1.54) is 17.7 Å². The van der Waals surface area contributed by atoms with E-state index < -0.39 is 0 Å². The van der Waals surface area contributed by atoms with Crippen LogP contribution in [0.25, 0.3) is 11.3 Å². The highest BCUT2D eigenvalue weighted by molar-refractivity contribution is 7.07. The monoisotopic (exact) mass is 414 g/mol. The molecule has 1 aliphatic heterocycles. The lowest BCUT2D eigenvalue weighted by Crippen LogP contribution is -2.43. The number of hydrogen-bond donors (Lipinski definition) is 1. The van der Waals surface area contributed by atoms with Gasteiger partial charge in [-0.25, -0.2) is 4.39 Å². The molecule has 1 unspecified atom stereocenters. The summed E-state index contributed by atoms with van der Waals surface area (Å²) in [5.41, 5.74) is 3.08. The number of aryl methyl sites for hydroxylation is 1. The van der Waals surface area contributed by atoms with Gasteiger partial charge in [-0.05, 0) is 52.7 Å². The molecule has 1 saturated heterocycles. The van der Waals surface area contributed by atoms with Crippen LogP contribution in [0.1, 0.15) is 22.1 Å². The zero-order valence-electron chi connectivity index (χ0n) is 16.2. The Kier molecular flexibility index (Phi) is 6.03. The number of carbonyl (C=O) groups is 1. The first-order valence-electron chi connectivity index (χ1n) is 9.54. The number of benzene rings is 1. The minimum atomic E-state index is -0.301. The molecule has 2 aromatic heterocycles. The molecular weight excluding hydrogens is 391 g/mol. The molecule has 8 heteroatoms. The van der Waals surface area contributed by atoms with Gasteiger partial charge in [0.05, 0.1) is 24.9 Å². The normalized spacial score (nSPS) is 15.9. The number of thiophene rings is 1. The molecule has 0 saturated carbocycles. The number of hydrogen-bond acceptors (Lipinski definition) is 5. The summed E-state index contributed by atoms with van der Waals surface area (Å²) in [4.78, 5) is 15.2. The topological polar surface area (TPSA) is 59.4 Å². The number of carbonyl (C=O) groups excluding carboxylic acids is 1. The van der Waals surface area contributed by atoms with E-state index in [4.69, 9.17) is 4.74 Å². The van der Waals surface area contributed by atoms with Crippen LogP contribution < -0.4 is 5.32 Å². The van der Waals surface area contributed by atoms with E-state index in [-0.39, 0.29) is 17.8 Å². The molecule has 0 bridgehead atoms. The van der Waals surface area contributed by atoms with E-state index in [9.17, 15) is 9.18 Å². The van der Waals surface area contributed by atoms with E-state index in [0.29, 0.717) is 31.1 Å². The Hall–Kier alpha value is -2.55. The number of aromatic nitrogens is 2. The molecule has 1 aliphatic rings. The molecule has 1 fully saturated rings. The number of halogens is 1. The van der Waals surface area contributed by atoms with Crippen molar-refractivity contribution >= 4 is 17.2 Å². The predicted octanol–water partition coefficient (Wildman–Crippen LogP) is 3.09. The molecule has 3 heterocycles. The predicted molar refractivity (Wildman–Crippen MR) is 110 cm³/mol. The Labute approximate surface area is 172 Å². The maximum Gasteiger partial charge on any atom is 0.269 e. The van der Waals surface area contributed by atoms with Gasteiger partial charge in [-0.2, -0.15) is 16.4 Å². The quantitative estimate of drug-likeness (QED) is 0.674. The van der Waals surface area contributed by atoms with E-state index in [1.54, 1.807) is 41.3 Å². The molecule has 1 aromatic carbocycles. The van der Waals surface area contributed by atoms with Gasteiger partial charge in [0, 0.05) is 32.2 Å². The first-order valence-corrected chi connectivity index (χ1v) is 10.5. The Balaban J connectivity index is 1.47. The number of nitrogens with zero attached hydrogens (tertiary/aromatic N) is 3. The van der Waals surface area contributed by atoms with Crippen LogP contribution in [0.15, 0.2) is 47.2 Å². The van der Waals surface area contributed by atoms with E-state index in [1.807, 2.05) is 0 Å². The molecule has 4 rings (SSSR count). The molecule has 1 amide bonds. The fraction of sp³-hybridized carbons (Fsp3) is 0.333. The second-order valence-corrected chi connectivity index (χ2v) is 7.76. The fourth-order valence-electron chi connectivity index (χ4n) is 3.53. The van der Waals surface area contributed by atoms with Crippen molar-refractivity contribution in [1.82, 2.24) is 20.0 Å². The van der Waals surface area contributed by atoms with Gasteiger partial charge in [0.25, 0.3) is 5.91 Å². The van der Waals surface area contributed by atoms with Crippen LogP contribution in [0, 0.1) is 5.82 Å². The molecule has 0 spiro atoms. The third kappa shape index (κ3) is 4.55. The molecule has 152 valence electrons. The molecule has 1 atom stereocenters. The van der Waals surface area contributed by atoms with Gasteiger partial charge in [0.1, 0.15) is 11.5 Å². The average molecular weight is 415 g/mol. The SMILES string of the molecule is Cn1nc(-c2ccc(F)cc2)cc1C(=O)NCC(c1ccsc1)N1CCOCC1. The van der Waals surface area contributed by atoms with Gasteiger partial charge < -0.3 is 10.1 Å². The van der Waals surface area contributed by atoms with Gasteiger partial charge in [-0.3, -0.25) is 14.4 Å². The summed E-state index contributed by atoms with van der Waals surface area (Å²) in [6, 6.07) is 10.0. The van der Waals surface area contributed by atoms with Crippen LogP contribution in [0.2, 0.25) is 0 Å². The highest BCUT2D eigenvalue weighted by Crippen LogP contribution is 2.24. The summed E-state index contributed by atoms with van der Waals surface area (Å²) in [6.45, 7) is 3.61. The van der Waals surface area contributed by atoms with Crippen molar-refractivity contribution in [3.05, 3.63) is 64.2 Å². The zero-order valence-corrected chi connectivity index (χ0v) is 17.0. The first-order chi connectivity index (χ1) is 14.1. The number of rotatable bonds is 6. The number of nitrogens with one attached hydrogen (secondary N) is 1. The second kappa shape index (κ2) is 8.86. The molecule has 29 heavy (non-hydrogen) atoms. The van der Waals surface area contributed by atoms with Crippen molar-refractivity contribution in [1.29, 1.82) is 0 Å². The van der Waals surface area contributed by atoms with Crippen LogP contribution in [0.3, 0.4) is 0 Å². The van der Waals surface area contributed by atoms with Crippen molar-refractivity contribution in [2.24, 2.45) is 7.05 Å². The summed E-state index contributed by atoms with van der Waals surface area (Å²) in [7, 11) is 1.74. The van der Waals surface area contributed by atoms with Gasteiger partial charge >= 0.3 is 0 Å². The van der Waals surface area contributed by atoms with Crippen molar-refractivity contribution in [2.45, 2.75) is 6.04 Å². The third-order valence-corrected chi connectivity index (χ3v) is 5.82. The summed E-state index contributed by atoms with van der Waals surface area (Å²) < 4.78 is 20.2. The molecule has 0 aliphatic carbocycles. The number of amides is 1. The molecule has 6 nitrogen and oxygen atoms in total. The summed E-state index contributed by atoms with van der Waals surface area (Å²) in [5.74, 6) is -0.480. The van der Waals surface area contributed by atoms with E-state index in [0.717, 1.165) is 18.7 Å². The lowest BCUT2D eigenvalue weighted by molar-refractivity contribution is 0.0163. The smallest absolute Gasteiger partial charge is 0.269 e. The highest BCUT2D eigenvalue weighted by atomic mass is 32.1. The van der Waals surface area contributed by atoms with Crippen molar-refractivity contribution in [3.8, 4) is 11.3 Å². The van der Waals surface area contributed by atoms with Gasteiger partial charge in [-0.15, -0.1) is 0 Å². The first kappa shape index (κ1) is 19.8. The maximum atomic E-state index is 13.2. The third-order valence-electron chi connectivity index (χ3n) is 5.12.